The molecule has 3 heterocycles. The van der Waals surface area contributed by atoms with Crippen LogP contribution in [0, 0.1) is 23.4 Å². The fourth-order valence-corrected chi connectivity index (χ4v) is 4.55. The zero-order chi connectivity index (χ0) is 24.5. The SMILES string of the molecule is O=C(Nc1cc(F)cc(F)c1)C1CCN(C(=O)c2ncn3c2CO[C@H](c2ccc(F)cc2)C3)CC1. The second kappa shape index (κ2) is 9.53. The molecule has 35 heavy (non-hydrogen) atoms. The standard InChI is InChI=1S/C25H23F3N4O3/c26-17-3-1-15(2-4-17)22-12-32-14-29-23(21(32)13-35-22)25(34)31-7-5-16(6-8-31)24(33)30-20-10-18(27)9-19(28)11-20/h1-4,9-11,14,16,22H,5-8,12-13H2,(H,30,33)/t22-/m0/s1. The number of benzene rings is 2. The van der Waals surface area contributed by atoms with Gasteiger partial charge in [0.1, 0.15) is 23.6 Å². The largest absolute Gasteiger partial charge is 0.365 e. The molecule has 0 spiro atoms. The predicted molar refractivity (Wildman–Crippen MR) is 120 cm³/mol. The van der Waals surface area contributed by atoms with Gasteiger partial charge >= 0.3 is 0 Å². The second-order valence-corrected chi connectivity index (χ2v) is 8.76. The van der Waals surface area contributed by atoms with E-state index in [1.165, 1.54) is 12.1 Å². The van der Waals surface area contributed by atoms with Gasteiger partial charge in [0.05, 0.1) is 25.2 Å². The van der Waals surface area contributed by atoms with E-state index in [9.17, 15) is 22.8 Å². The normalized spacial score (nSPS) is 18.3. The van der Waals surface area contributed by atoms with Crippen molar-refractivity contribution in [1.29, 1.82) is 0 Å². The molecule has 1 atom stereocenters. The van der Waals surface area contributed by atoms with Gasteiger partial charge in [-0.25, -0.2) is 18.2 Å². The predicted octanol–water partition coefficient (Wildman–Crippen LogP) is 4.06. The van der Waals surface area contributed by atoms with Crippen molar-refractivity contribution in [2.75, 3.05) is 18.4 Å². The molecule has 5 rings (SSSR count). The van der Waals surface area contributed by atoms with E-state index in [1.54, 1.807) is 23.4 Å². The molecule has 0 unspecified atom stereocenters. The van der Waals surface area contributed by atoms with Gasteiger partial charge in [0, 0.05) is 30.8 Å². The van der Waals surface area contributed by atoms with Crippen LogP contribution in [-0.4, -0.2) is 39.4 Å². The Hall–Kier alpha value is -3.66. The Bertz CT molecular complexity index is 1230. The van der Waals surface area contributed by atoms with Crippen molar-refractivity contribution in [3.05, 3.63) is 83.2 Å². The zero-order valence-corrected chi connectivity index (χ0v) is 18.7. The van der Waals surface area contributed by atoms with Crippen molar-refractivity contribution >= 4 is 17.5 Å². The molecule has 182 valence electrons. The molecule has 0 radical (unpaired) electrons. The average Bonchev–Trinajstić information content (AvgIpc) is 3.27. The molecule has 1 aromatic heterocycles. The number of hydrogen-bond acceptors (Lipinski definition) is 4. The molecule has 2 aliphatic heterocycles. The van der Waals surface area contributed by atoms with E-state index < -0.39 is 11.6 Å². The summed E-state index contributed by atoms with van der Waals surface area (Å²) >= 11 is 0. The number of rotatable bonds is 4. The highest BCUT2D eigenvalue weighted by atomic mass is 19.1. The minimum absolute atomic E-state index is 0.0644. The number of imidazole rings is 1. The summed E-state index contributed by atoms with van der Waals surface area (Å²) in [5.74, 6) is -2.78. The number of hydrogen-bond donors (Lipinski definition) is 1. The van der Waals surface area contributed by atoms with E-state index in [0.29, 0.717) is 43.9 Å². The summed E-state index contributed by atoms with van der Waals surface area (Å²) in [6, 6.07) is 8.99. The van der Waals surface area contributed by atoms with E-state index in [0.717, 1.165) is 23.8 Å². The molecule has 1 N–H and O–H groups in total. The van der Waals surface area contributed by atoms with Crippen LogP contribution in [0.1, 0.15) is 40.7 Å². The molecule has 2 aromatic carbocycles. The highest BCUT2D eigenvalue weighted by Gasteiger charge is 2.32. The first-order valence-electron chi connectivity index (χ1n) is 11.3. The van der Waals surface area contributed by atoms with Gasteiger partial charge in [0.15, 0.2) is 5.69 Å². The fraction of sp³-hybridized carbons (Fsp3) is 0.320. The lowest BCUT2D eigenvalue weighted by atomic mass is 9.95. The topological polar surface area (TPSA) is 76.5 Å². The molecule has 2 aliphatic rings. The van der Waals surface area contributed by atoms with Gasteiger partial charge in [0.2, 0.25) is 5.91 Å². The summed E-state index contributed by atoms with van der Waals surface area (Å²) in [6.07, 6.45) is 2.20. The number of likely N-dealkylation sites (tertiary alicyclic amines) is 1. The number of carbonyl (C=O) groups excluding carboxylic acids is 2. The van der Waals surface area contributed by atoms with Crippen LogP contribution in [0.5, 0.6) is 0 Å². The van der Waals surface area contributed by atoms with E-state index in [1.807, 2.05) is 4.57 Å². The summed E-state index contributed by atoms with van der Waals surface area (Å²) in [7, 11) is 0. The number of ether oxygens (including phenoxy) is 1. The van der Waals surface area contributed by atoms with E-state index in [-0.39, 0.29) is 41.9 Å². The Kier molecular flexibility index (Phi) is 6.29. The van der Waals surface area contributed by atoms with Crippen molar-refractivity contribution in [1.82, 2.24) is 14.5 Å². The number of nitrogens with zero attached hydrogens (tertiary/aromatic N) is 3. The van der Waals surface area contributed by atoms with E-state index >= 15 is 0 Å². The first kappa shape index (κ1) is 23.1. The summed E-state index contributed by atoms with van der Waals surface area (Å²) in [6.45, 7) is 1.38. The van der Waals surface area contributed by atoms with Crippen molar-refractivity contribution in [2.24, 2.45) is 5.92 Å². The molecular formula is C25H23F3N4O3. The van der Waals surface area contributed by atoms with Gasteiger partial charge in [-0.3, -0.25) is 9.59 Å². The lowest BCUT2D eigenvalue weighted by Gasteiger charge is -2.31. The molecule has 7 nitrogen and oxygen atoms in total. The maximum atomic E-state index is 13.4. The summed E-state index contributed by atoms with van der Waals surface area (Å²) in [5.41, 5.74) is 1.91. The van der Waals surface area contributed by atoms with Gasteiger partial charge in [0.25, 0.3) is 5.91 Å². The van der Waals surface area contributed by atoms with Crippen molar-refractivity contribution in [2.45, 2.75) is 32.1 Å². The summed E-state index contributed by atoms with van der Waals surface area (Å²) in [4.78, 5) is 31.7. The Morgan fingerprint density at radius 3 is 2.34 bits per heavy atom. The lowest BCUT2D eigenvalue weighted by Crippen LogP contribution is -2.42. The van der Waals surface area contributed by atoms with Crippen LogP contribution < -0.4 is 5.32 Å². The summed E-state index contributed by atoms with van der Waals surface area (Å²) in [5, 5.41) is 2.55. The molecule has 2 amide bonds. The third-order valence-corrected chi connectivity index (χ3v) is 6.46. The first-order valence-corrected chi connectivity index (χ1v) is 11.3. The third kappa shape index (κ3) is 4.93. The van der Waals surface area contributed by atoms with Crippen LogP contribution in [0.25, 0.3) is 0 Å². The smallest absolute Gasteiger partial charge is 0.274 e. The van der Waals surface area contributed by atoms with Crippen LogP contribution in [0.2, 0.25) is 0 Å². The van der Waals surface area contributed by atoms with Crippen molar-refractivity contribution in [3.63, 3.8) is 0 Å². The first-order chi connectivity index (χ1) is 16.9. The van der Waals surface area contributed by atoms with Crippen LogP contribution in [0.15, 0.2) is 48.8 Å². The number of nitrogens with one attached hydrogen (secondary N) is 1. The Morgan fingerprint density at radius 1 is 0.971 bits per heavy atom. The minimum Gasteiger partial charge on any atom is -0.365 e. The molecule has 1 saturated heterocycles. The zero-order valence-electron chi connectivity index (χ0n) is 18.7. The number of fused-ring (bicyclic) bond motifs is 1. The number of amides is 2. The molecule has 0 bridgehead atoms. The Balaban J connectivity index is 1.19. The number of piperidine rings is 1. The van der Waals surface area contributed by atoms with Gasteiger partial charge in [-0.05, 0) is 42.7 Å². The van der Waals surface area contributed by atoms with Crippen molar-refractivity contribution < 1.29 is 27.5 Å². The quantitative estimate of drug-likeness (QED) is 0.606. The molecule has 0 aliphatic carbocycles. The highest BCUT2D eigenvalue weighted by molar-refractivity contribution is 5.95. The maximum Gasteiger partial charge on any atom is 0.274 e. The number of anilines is 1. The maximum absolute atomic E-state index is 13.4. The van der Waals surface area contributed by atoms with Gasteiger partial charge in [-0.1, -0.05) is 12.1 Å². The highest BCUT2D eigenvalue weighted by Crippen LogP contribution is 2.29. The van der Waals surface area contributed by atoms with Gasteiger partial charge < -0.3 is 19.5 Å². The number of aromatic nitrogens is 2. The van der Waals surface area contributed by atoms with Crippen LogP contribution in [0.4, 0.5) is 18.9 Å². The average molecular weight is 484 g/mol. The Labute approximate surface area is 199 Å². The van der Waals surface area contributed by atoms with Gasteiger partial charge in [-0.2, -0.15) is 0 Å². The second-order valence-electron chi connectivity index (χ2n) is 8.76. The van der Waals surface area contributed by atoms with Crippen LogP contribution >= 0.6 is 0 Å². The Morgan fingerprint density at radius 2 is 1.66 bits per heavy atom. The van der Waals surface area contributed by atoms with E-state index in [4.69, 9.17) is 4.74 Å². The summed E-state index contributed by atoms with van der Waals surface area (Å²) < 4.78 is 47.8. The molecule has 0 saturated carbocycles. The monoisotopic (exact) mass is 484 g/mol. The van der Waals surface area contributed by atoms with Crippen LogP contribution in [-0.2, 0) is 22.7 Å². The van der Waals surface area contributed by atoms with Crippen molar-refractivity contribution in [3.8, 4) is 0 Å². The van der Waals surface area contributed by atoms with Gasteiger partial charge in [-0.15, -0.1) is 0 Å². The lowest BCUT2D eigenvalue weighted by molar-refractivity contribution is -0.121. The molecular weight excluding hydrogens is 461 g/mol. The number of carbonyl (C=O) groups is 2. The van der Waals surface area contributed by atoms with Crippen LogP contribution in [0.3, 0.4) is 0 Å². The van der Waals surface area contributed by atoms with E-state index in [2.05, 4.69) is 10.3 Å². The third-order valence-electron chi connectivity index (χ3n) is 6.46. The fourth-order valence-electron chi connectivity index (χ4n) is 4.55. The molecule has 3 aromatic rings. The minimum atomic E-state index is -0.767. The molecule has 1 fully saturated rings. The molecule has 10 heteroatoms. The number of halogens is 3.